The lowest BCUT2D eigenvalue weighted by atomic mass is 10.2. The normalized spacial score (nSPS) is 10.9. The lowest BCUT2D eigenvalue weighted by Gasteiger charge is -2.11. The van der Waals surface area contributed by atoms with Crippen LogP contribution in [-0.4, -0.2) is 16.5 Å². The van der Waals surface area contributed by atoms with Gasteiger partial charge in [-0.2, -0.15) is 0 Å². The van der Waals surface area contributed by atoms with Gasteiger partial charge in [0, 0.05) is 11.4 Å². The van der Waals surface area contributed by atoms with E-state index in [1.807, 2.05) is 0 Å². The summed E-state index contributed by atoms with van der Waals surface area (Å²) >= 11 is 4.16. The molecule has 2 aromatic heterocycles. The fourth-order valence-electron chi connectivity index (χ4n) is 2.05. The van der Waals surface area contributed by atoms with E-state index >= 15 is 0 Å². The molecule has 2 heterocycles. The zero-order valence-corrected chi connectivity index (χ0v) is 15.8. The maximum atomic E-state index is 4.80. The van der Waals surface area contributed by atoms with E-state index in [2.05, 4.69) is 60.8 Å². The Morgan fingerprint density at radius 2 is 1.95 bits per heavy atom. The largest absolute Gasteiger partial charge is 0.369 e. The maximum Gasteiger partial charge on any atom is 0.171 e. The molecule has 5 heteroatoms. The zero-order valence-electron chi connectivity index (χ0n) is 12.9. The molecule has 0 amide bonds. The first-order valence-corrected chi connectivity index (χ1v) is 9.48. The van der Waals surface area contributed by atoms with Gasteiger partial charge >= 0.3 is 0 Å². The van der Waals surface area contributed by atoms with Crippen LogP contribution in [0.1, 0.15) is 44.2 Å². The van der Waals surface area contributed by atoms with Crippen LogP contribution in [0.5, 0.6) is 0 Å². The van der Waals surface area contributed by atoms with Crippen LogP contribution >= 0.6 is 33.9 Å². The number of hydrogen-bond donors (Lipinski definition) is 1. The standard InChI is InChI=1S/C16H22IN3S/c1-4-7-12-14(17)16(18-10-5-2)20-15(19-12)13-9-8-11(6-3)21-13/h8-9H,4-7,10H2,1-3H3,(H,18,19,20). The summed E-state index contributed by atoms with van der Waals surface area (Å²) in [5.41, 5.74) is 1.16. The van der Waals surface area contributed by atoms with Crippen molar-refractivity contribution >= 4 is 39.7 Å². The lowest BCUT2D eigenvalue weighted by molar-refractivity contribution is 0.864. The number of nitrogens with one attached hydrogen (secondary N) is 1. The highest BCUT2D eigenvalue weighted by Crippen LogP contribution is 2.29. The second kappa shape index (κ2) is 8.08. The molecule has 3 nitrogen and oxygen atoms in total. The van der Waals surface area contributed by atoms with E-state index in [0.717, 1.165) is 49.6 Å². The Bertz CT molecular complexity index is 595. The van der Waals surface area contributed by atoms with Crippen LogP contribution in [0.15, 0.2) is 12.1 Å². The number of nitrogens with zero attached hydrogens (tertiary/aromatic N) is 2. The summed E-state index contributed by atoms with van der Waals surface area (Å²) in [6.45, 7) is 7.49. The molecule has 0 bridgehead atoms. The van der Waals surface area contributed by atoms with Crippen LogP contribution in [-0.2, 0) is 12.8 Å². The number of aromatic nitrogens is 2. The first kappa shape index (κ1) is 16.7. The van der Waals surface area contributed by atoms with Crippen molar-refractivity contribution in [3.63, 3.8) is 0 Å². The van der Waals surface area contributed by atoms with Crippen LogP contribution < -0.4 is 5.32 Å². The summed E-state index contributed by atoms with van der Waals surface area (Å²) in [6.07, 6.45) is 4.26. The Labute approximate surface area is 144 Å². The summed E-state index contributed by atoms with van der Waals surface area (Å²) in [5, 5.41) is 3.44. The van der Waals surface area contributed by atoms with E-state index in [-0.39, 0.29) is 0 Å². The Hall–Kier alpha value is -0.690. The van der Waals surface area contributed by atoms with Crippen molar-refractivity contribution in [3.05, 3.63) is 26.3 Å². The highest BCUT2D eigenvalue weighted by atomic mass is 127. The molecule has 0 radical (unpaired) electrons. The summed E-state index contributed by atoms with van der Waals surface area (Å²) < 4.78 is 1.17. The number of thiophene rings is 1. The number of halogens is 1. The van der Waals surface area contributed by atoms with Crippen LogP contribution in [0.3, 0.4) is 0 Å². The third kappa shape index (κ3) is 4.16. The summed E-state index contributed by atoms with van der Waals surface area (Å²) in [5.74, 6) is 1.85. The second-order valence-electron chi connectivity index (χ2n) is 4.95. The van der Waals surface area contributed by atoms with Gasteiger partial charge in [0.1, 0.15) is 5.82 Å². The van der Waals surface area contributed by atoms with Crippen LogP contribution in [0, 0.1) is 3.57 Å². The Morgan fingerprint density at radius 3 is 2.57 bits per heavy atom. The van der Waals surface area contributed by atoms with Gasteiger partial charge in [0.05, 0.1) is 14.1 Å². The third-order valence-electron chi connectivity index (χ3n) is 3.18. The molecule has 2 aromatic rings. The maximum absolute atomic E-state index is 4.80. The second-order valence-corrected chi connectivity index (χ2v) is 7.20. The van der Waals surface area contributed by atoms with Gasteiger partial charge in [-0.1, -0.05) is 27.2 Å². The molecule has 0 unspecified atom stereocenters. The highest BCUT2D eigenvalue weighted by molar-refractivity contribution is 14.1. The number of hydrogen-bond acceptors (Lipinski definition) is 4. The van der Waals surface area contributed by atoms with Crippen molar-refractivity contribution in [1.29, 1.82) is 0 Å². The van der Waals surface area contributed by atoms with Crippen LogP contribution in [0.2, 0.25) is 0 Å². The number of aryl methyl sites for hydroxylation is 2. The fourth-order valence-corrected chi connectivity index (χ4v) is 3.64. The van der Waals surface area contributed by atoms with E-state index in [4.69, 9.17) is 9.97 Å². The number of anilines is 1. The Morgan fingerprint density at radius 1 is 1.14 bits per heavy atom. The summed E-state index contributed by atoms with van der Waals surface area (Å²) in [7, 11) is 0. The van der Waals surface area contributed by atoms with Crippen molar-refractivity contribution in [2.45, 2.75) is 46.5 Å². The molecule has 0 saturated heterocycles. The third-order valence-corrected chi connectivity index (χ3v) is 5.54. The molecule has 0 aliphatic rings. The van der Waals surface area contributed by atoms with Crippen LogP contribution in [0.25, 0.3) is 10.7 Å². The summed E-state index contributed by atoms with van der Waals surface area (Å²) in [4.78, 5) is 12.1. The van der Waals surface area contributed by atoms with E-state index in [0.29, 0.717) is 0 Å². The molecular formula is C16H22IN3S. The molecule has 0 fully saturated rings. The summed E-state index contributed by atoms with van der Waals surface area (Å²) in [6, 6.07) is 4.32. The van der Waals surface area contributed by atoms with Gasteiger partial charge in [-0.3, -0.25) is 0 Å². The molecule has 0 aromatic carbocycles. The van der Waals surface area contributed by atoms with E-state index < -0.39 is 0 Å². The van der Waals surface area contributed by atoms with Gasteiger partial charge in [-0.05, 0) is 54.0 Å². The molecule has 2 rings (SSSR count). The first-order valence-electron chi connectivity index (χ1n) is 7.58. The van der Waals surface area contributed by atoms with Gasteiger partial charge in [-0.25, -0.2) is 9.97 Å². The van der Waals surface area contributed by atoms with Gasteiger partial charge < -0.3 is 5.32 Å². The molecule has 0 saturated carbocycles. The Kier molecular flexibility index (Phi) is 6.41. The van der Waals surface area contributed by atoms with Crippen molar-refractivity contribution in [2.75, 3.05) is 11.9 Å². The molecule has 114 valence electrons. The molecule has 1 N–H and O–H groups in total. The van der Waals surface area contributed by atoms with Gasteiger partial charge in [0.2, 0.25) is 0 Å². The fraction of sp³-hybridized carbons (Fsp3) is 0.500. The average Bonchev–Trinajstić information content (AvgIpc) is 2.97. The molecular weight excluding hydrogens is 393 g/mol. The molecule has 0 spiro atoms. The Balaban J connectivity index is 2.41. The quantitative estimate of drug-likeness (QED) is 0.636. The van der Waals surface area contributed by atoms with Crippen molar-refractivity contribution in [2.24, 2.45) is 0 Å². The average molecular weight is 415 g/mol. The van der Waals surface area contributed by atoms with E-state index in [1.54, 1.807) is 11.3 Å². The molecule has 0 aliphatic carbocycles. The molecule has 21 heavy (non-hydrogen) atoms. The van der Waals surface area contributed by atoms with Gasteiger partial charge in [0.15, 0.2) is 5.82 Å². The predicted molar refractivity (Wildman–Crippen MR) is 100 cm³/mol. The first-order chi connectivity index (χ1) is 10.2. The SMILES string of the molecule is CCCNc1nc(-c2ccc(CC)s2)nc(CCC)c1I. The minimum Gasteiger partial charge on any atom is -0.369 e. The topological polar surface area (TPSA) is 37.8 Å². The highest BCUT2D eigenvalue weighted by Gasteiger charge is 2.14. The van der Waals surface area contributed by atoms with E-state index in [9.17, 15) is 0 Å². The molecule has 0 atom stereocenters. The van der Waals surface area contributed by atoms with Crippen molar-refractivity contribution < 1.29 is 0 Å². The predicted octanol–water partition coefficient (Wildman–Crippen LogP) is 5.15. The molecule has 0 aliphatic heterocycles. The minimum absolute atomic E-state index is 0.863. The van der Waals surface area contributed by atoms with Gasteiger partial charge in [-0.15, -0.1) is 11.3 Å². The van der Waals surface area contributed by atoms with Crippen molar-refractivity contribution in [3.8, 4) is 10.7 Å². The minimum atomic E-state index is 0.863. The van der Waals surface area contributed by atoms with E-state index in [1.165, 1.54) is 13.3 Å². The number of rotatable bonds is 7. The monoisotopic (exact) mass is 415 g/mol. The van der Waals surface area contributed by atoms with Gasteiger partial charge in [0.25, 0.3) is 0 Å². The zero-order chi connectivity index (χ0) is 15.2. The van der Waals surface area contributed by atoms with Crippen LogP contribution in [0.4, 0.5) is 5.82 Å². The smallest absolute Gasteiger partial charge is 0.171 e. The lowest BCUT2D eigenvalue weighted by Crippen LogP contribution is -2.09. The van der Waals surface area contributed by atoms with Crippen molar-refractivity contribution in [1.82, 2.24) is 9.97 Å².